The number of carbonyl (C=O) groups is 1. The third kappa shape index (κ3) is 2.16. The van der Waals surface area contributed by atoms with E-state index in [1.165, 1.54) is 18.3 Å². The molecule has 0 atom stereocenters. The summed E-state index contributed by atoms with van der Waals surface area (Å²) < 4.78 is 27.3. The van der Waals surface area contributed by atoms with Crippen molar-refractivity contribution in [1.29, 1.82) is 0 Å². The maximum atomic E-state index is 13.8. The van der Waals surface area contributed by atoms with Gasteiger partial charge in [0, 0.05) is 30.3 Å². The van der Waals surface area contributed by atoms with E-state index in [4.69, 9.17) is 5.73 Å². The minimum absolute atomic E-state index is 0.142. The molecule has 4 N–H and O–H groups in total. The number of hydrogen-bond acceptors (Lipinski definition) is 3. The van der Waals surface area contributed by atoms with Crippen LogP contribution in [0.25, 0.3) is 22.2 Å². The zero-order valence-corrected chi connectivity index (χ0v) is 11.6. The molecule has 0 aliphatic rings. The number of benzene rings is 1. The molecule has 3 rings (SSSR count). The molecular formula is C15H12F2N4O. The number of halogens is 2. The van der Waals surface area contributed by atoms with Crippen LogP contribution in [0, 0.1) is 11.6 Å². The molecule has 0 unspecified atom stereocenters. The van der Waals surface area contributed by atoms with E-state index >= 15 is 0 Å². The molecule has 22 heavy (non-hydrogen) atoms. The Bertz CT molecular complexity index is 889. The number of hydrogen-bond donors (Lipinski definition) is 3. The highest BCUT2D eigenvalue weighted by Crippen LogP contribution is 2.32. The summed E-state index contributed by atoms with van der Waals surface area (Å²) in [5.41, 5.74) is 6.33. The van der Waals surface area contributed by atoms with Crippen LogP contribution in [0.1, 0.15) is 10.4 Å². The minimum atomic E-state index is -0.716. The number of carbonyl (C=O) groups excluding carboxylic acids is 1. The van der Waals surface area contributed by atoms with Gasteiger partial charge in [-0.15, -0.1) is 0 Å². The number of fused-ring (bicyclic) bond motifs is 1. The number of aromatic nitrogens is 2. The molecule has 0 spiro atoms. The molecule has 0 fully saturated rings. The summed E-state index contributed by atoms with van der Waals surface area (Å²) in [6.07, 6.45) is 1.47. The molecular weight excluding hydrogens is 290 g/mol. The van der Waals surface area contributed by atoms with Crippen LogP contribution in [-0.2, 0) is 0 Å². The number of primary amides is 1. The van der Waals surface area contributed by atoms with Gasteiger partial charge in [-0.25, -0.2) is 13.8 Å². The van der Waals surface area contributed by atoms with E-state index in [1.807, 2.05) is 0 Å². The van der Waals surface area contributed by atoms with Crippen molar-refractivity contribution >= 4 is 22.6 Å². The van der Waals surface area contributed by atoms with Gasteiger partial charge in [0.1, 0.15) is 17.5 Å². The second-order valence-electron chi connectivity index (χ2n) is 4.72. The van der Waals surface area contributed by atoms with Crippen LogP contribution in [0.3, 0.4) is 0 Å². The molecule has 0 aliphatic carbocycles. The van der Waals surface area contributed by atoms with Crippen molar-refractivity contribution < 1.29 is 13.6 Å². The Morgan fingerprint density at radius 1 is 1.32 bits per heavy atom. The van der Waals surface area contributed by atoms with E-state index in [-0.39, 0.29) is 16.8 Å². The Morgan fingerprint density at radius 3 is 2.77 bits per heavy atom. The van der Waals surface area contributed by atoms with Crippen molar-refractivity contribution in [3.05, 3.63) is 47.7 Å². The summed E-state index contributed by atoms with van der Waals surface area (Å²) in [5, 5.41) is 3.14. The molecule has 2 heterocycles. The number of aromatic amines is 1. The average molecular weight is 302 g/mol. The lowest BCUT2D eigenvalue weighted by molar-refractivity contribution is 0.100. The van der Waals surface area contributed by atoms with Crippen molar-refractivity contribution in [3.63, 3.8) is 0 Å². The molecule has 0 saturated heterocycles. The first-order valence-corrected chi connectivity index (χ1v) is 6.46. The van der Waals surface area contributed by atoms with Gasteiger partial charge in [0.25, 0.3) is 5.91 Å². The second kappa shape index (κ2) is 5.10. The fraction of sp³-hybridized carbons (Fsp3) is 0.0667. The molecule has 2 aromatic heterocycles. The lowest BCUT2D eigenvalue weighted by Crippen LogP contribution is -2.13. The zero-order valence-electron chi connectivity index (χ0n) is 11.6. The number of nitrogens with zero attached hydrogens (tertiary/aromatic N) is 1. The highest BCUT2D eigenvalue weighted by molar-refractivity contribution is 6.04. The van der Waals surface area contributed by atoms with Gasteiger partial charge >= 0.3 is 0 Å². The number of anilines is 1. The Kier molecular flexibility index (Phi) is 3.25. The van der Waals surface area contributed by atoms with Gasteiger partial charge in [0.15, 0.2) is 0 Å². The van der Waals surface area contributed by atoms with Crippen LogP contribution < -0.4 is 11.1 Å². The maximum Gasteiger partial charge on any atom is 0.250 e. The molecule has 5 nitrogen and oxygen atoms in total. The van der Waals surface area contributed by atoms with Crippen LogP contribution >= 0.6 is 0 Å². The van der Waals surface area contributed by atoms with Gasteiger partial charge in [0.2, 0.25) is 0 Å². The number of H-pyrrole nitrogens is 1. The molecule has 0 aliphatic heterocycles. The first-order valence-electron chi connectivity index (χ1n) is 6.46. The predicted octanol–water partition coefficient (Wildman–Crippen LogP) is 2.65. The highest BCUT2D eigenvalue weighted by Gasteiger charge is 2.18. The molecule has 0 radical (unpaired) electrons. The number of pyridine rings is 1. The van der Waals surface area contributed by atoms with Crippen LogP contribution in [0.4, 0.5) is 14.6 Å². The number of amides is 1. The first kappa shape index (κ1) is 14.0. The first-order chi connectivity index (χ1) is 10.5. The van der Waals surface area contributed by atoms with E-state index in [1.54, 1.807) is 13.1 Å². The smallest absolute Gasteiger partial charge is 0.250 e. The summed E-state index contributed by atoms with van der Waals surface area (Å²) in [7, 11) is 1.67. The van der Waals surface area contributed by atoms with E-state index in [0.717, 1.165) is 6.07 Å². The highest BCUT2D eigenvalue weighted by atomic mass is 19.1. The Morgan fingerprint density at radius 2 is 2.09 bits per heavy atom. The molecule has 7 heteroatoms. The van der Waals surface area contributed by atoms with Crippen LogP contribution in [0.5, 0.6) is 0 Å². The van der Waals surface area contributed by atoms with E-state index in [9.17, 15) is 13.6 Å². The van der Waals surface area contributed by atoms with Crippen LogP contribution in [0.2, 0.25) is 0 Å². The minimum Gasteiger partial charge on any atom is -0.373 e. The molecule has 0 bridgehead atoms. The van der Waals surface area contributed by atoms with E-state index in [0.29, 0.717) is 16.8 Å². The van der Waals surface area contributed by atoms with Crippen LogP contribution in [-0.4, -0.2) is 22.9 Å². The van der Waals surface area contributed by atoms with Crippen LogP contribution in [0.15, 0.2) is 30.5 Å². The third-order valence-electron chi connectivity index (χ3n) is 3.38. The van der Waals surface area contributed by atoms with E-state index in [2.05, 4.69) is 15.3 Å². The Labute approximate surface area is 124 Å². The van der Waals surface area contributed by atoms with Crippen molar-refractivity contribution in [2.24, 2.45) is 5.73 Å². The SMILES string of the molecule is CNc1ccc(C(N)=O)c(-c2c[nH]c3c(F)cc(F)cc23)n1. The quantitative estimate of drug-likeness (QED) is 0.695. The number of rotatable bonds is 3. The number of nitrogens with one attached hydrogen (secondary N) is 2. The monoisotopic (exact) mass is 302 g/mol. The summed E-state index contributed by atoms with van der Waals surface area (Å²) in [6.45, 7) is 0. The van der Waals surface area contributed by atoms with Gasteiger partial charge in [-0.1, -0.05) is 0 Å². The van der Waals surface area contributed by atoms with Gasteiger partial charge in [0.05, 0.1) is 16.8 Å². The normalized spacial score (nSPS) is 10.9. The maximum absolute atomic E-state index is 13.8. The van der Waals surface area contributed by atoms with Gasteiger partial charge in [-0.2, -0.15) is 0 Å². The lowest BCUT2D eigenvalue weighted by Gasteiger charge is -2.08. The fourth-order valence-electron chi connectivity index (χ4n) is 2.35. The Hall–Kier alpha value is -2.96. The second-order valence-corrected chi connectivity index (χ2v) is 4.72. The van der Waals surface area contributed by atoms with Gasteiger partial charge < -0.3 is 16.0 Å². The zero-order chi connectivity index (χ0) is 15.9. The van der Waals surface area contributed by atoms with E-state index < -0.39 is 17.5 Å². The molecule has 112 valence electrons. The summed E-state index contributed by atoms with van der Waals surface area (Å²) in [6, 6.07) is 5.09. The standard InChI is InChI=1S/C15H12F2N4O/c1-19-12-3-2-8(15(18)22)13(21-12)10-6-20-14-9(10)4-7(16)5-11(14)17/h2-6,20H,1H3,(H2,18,22)(H,19,21). The van der Waals surface area contributed by atoms with Crippen molar-refractivity contribution in [2.45, 2.75) is 0 Å². The van der Waals surface area contributed by atoms with Gasteiger partial charge in [-0.05, 0) is 18.2 Å². The fourth-order valence-corrected chi connectivity index (χ4v) is 2.35. The molecule has 1 aromatic carbocycles. The van der Waals surface area contributed by atoms with Crippen molar-refractivity contribution in [1.82, 2.24) is 9.97 Å². The molecule has 1 amide bonds. The summed E-state index contributed by atoms with van der Waals surface area (Å²) in [5.74, 6) is -1.59. The molecule has 3 aromatic rings. The predicted molar refractivity (Wildman–Crippen MR) is 79.5 cm³/mol. The lowest BCUT2D eigenvalue weighted by atomic mass is 10.0. The third-order valence-corrected chi connectivity index (χ3v) is 3.38. The van der Waals surface area contributed by atoms with Crippen molar-refractivity contribution in [2.75, 3.05) is 12.4 Å². The molecule has 0 saturated carbocycles. The summed E-state index contributed by atoms with van der Waals surface area (Å²) in [4.78, 5) is 18.6. The van der Waals surface area contributed by atoms with Gasteiger partial charge in [-0.3, -0.25) is 4.79 Å². The topological polar surface area (TPSA) is 83.8 Å². The average Bonchev–Trinajstić information content (AvgIpc) is 2.90. The summed E-state index contributed by atoms with van der Waals surface area (Å²) >= 11 is 0. The van der Waals surface area contributed by atoms with Crippen molar-refractivity contribution in [3.8, 4) is 11.3 Å². The number of nitrogens with two attached hydrogens (primary N) is 1. The Balaban J connectivity index is 2.33. The largest absolute Gasteiger partial charge is 0.373 e.